The highest BCUT2D eigenvalue weighted by Gasteiger charge is 2.18. The number of hydrogen-bond acceptors (Lipinski definition) is 7. The molecular formula is C33H36N6O3. The molecule has 0 bridgehead atoms. The van der Waals surface area contributed by atoms with Gasteiger partial charge in [-0.05, 0) is 67.3 Å². The number of carbonyl (C=O) groups is 1. The van der Waals surface area contributed by atoms with Crippen molar-refractivity contribution in [2.24, 2.45) is 5.73 Å². The highest BCUT2D eigenvalue weighted by atomic mass is 16.5. The van der Waals surface area contributed by atoms with E-state index in [2.05, 4.69) is 58.0 Å². The van der Waals surface area contributed by atoms with E-state index in [4.69, 9.17) is 15.2 Å². The van der Waals surface area contributed by atoms with E-state index in [1.165, 1.54) is 17.3 Å². The number of nitrogens with one attached hydrogen (secondary N) is 2. The van der Waals surface area contributed by atoms with E-state index in [9.17, 15) is 4.79 Å². The van der Waals surface area contributed by atoms with Crippen molar-refractivity contribution in [2.45, 2.75) is 40.3 Å². The molecule has 0 aliphatic heterocycles. The molecule has 42 heavy (non-hydrogen) atoms. The predicted octanol–water partition coefficient (Wildman–Crippen LogP) is 5.91. The molecule has 0 atom stereocenters. The van der Waals surface area contributed by atoms with Gasteiger partial charge in [-0.25, -0.2) is 4.68 Å². The van der Waals surface area contributed by atoms with Gasteiger partial charge in [0.2, 0.25) is 0 Å². The molecule has 0 saturated heterocycles. The van der Waals surface area contributed by atoms with Gasteiger partial charge in [0.05, 0.1) is 35.7 Å². The lowest BCUT2D eigenvalue weighted by atomic mass is 10.0. The van der Waals surface area contributed by atoms with E-state index >= 15 is 0 Å². The van der Waals surface area contributed by atoms with Crippen molar-refractivity contribution in [3.8, 4) is 17.2 Å². The average Bonchev–Trinajstić information content (AvgIpc) is 3.54. The Morgan fingerprint density at radius 2 is 1.71 bits per heavy atom. The number of rotatable bonds is 13. The van der Waals surface area contributed by atoms with Crippen LogP contribution >= 0.6 is 0 Å². The third-order valence-corrected chi connectivity index (χ3v) is 7.03. The molecule has 1 amide bonds. The second-order valence-electron chi connectivity index (χ2n) is 9.74. The Hall–Kier alpha value is -4.89. The van der Waals surface area contributed by atoms with E-state index in [1.54, 1.807) is 6.20 Å². The van der Waals surface area contributed by atoms with Crippen molar-refractivity contribution in [2.75, 3.05) is 18.5 Å². The molecule has 0 radical (unpaired) electrons. The van der Waals surface area contributed by atoms with Crippen LogP contribution in [0.2, 0.25) is 0 Å². The van der Waals surface area contributed by atoms with Gasteiger partial charge in [0, 0.05) is 48.8 Å². The molecule has 0 saturated carbocycles. The molecule has 2 aromatic heterocycles. The fraction of sp³-hybridized carbons (Fsp3) is 0.242. The topological polar surface area (TPSA) is 116 Å². The van der Waals surface area contributed by atoms with Crippen molar-refractivity contribution in [3.05, 3.63) is 102 Å². The second kappa shape index (κ2) is 13.2. The number of benzene rings is 3. The summed E-state index contributed by atoms with van der Waals surface area (Å²) in [6.45, 7) is 8.34. The molecule has 0 aliphatic carbocycles. The molecular weight excluding hydrogens is 528 g/mol. The van der Waals surface area contributed by atoms with Gasteiger partial charge in [-0.2, -0.15) is 5.10 Å². The van der Waals surface area contributed by atoms with Gasteiger partial charge in [-0.1, -0.05) is 31.2 Å². The number of nitrogens with zero attached hydrogens (tertiary/aromatic N) is 3. The third-order valence-electron chi connectivity index (χ3n) is 7.03. The Labute approximate surface area is 245 Å². The molecule has 0 aliphatic rings. The summed E-state index contributed by atoms with van der Waals surface area (Å²) in [5.41, 5.74) is 12.8. The lowest BCUT2D eigenvalue weighted by Gasteiger charge is -2.19. The maximum absolute atomic E-state index is 12.5. The first-order chi connectivity index (χ1) is 20.5. The summed E-state index contributed by atoms with van der Waals surface area (Å²) in [4.78, 5) is 17.0. The lowest BCUT2D eigenvalue weighted by molar-refractivity contribution is 0.100. The number of nitrogens with two attached hydrogens (primary N) is 1. The highest BCUT2D eigenvalue weighted by Crippen LogP contribution is 2.38. The standard InChI is InChI=1S/C33H36N6O3/c1-4-25-23(20-35-19-22-11-13-24(14-12-22)39-16-8-15-37-39)9-7-10-28(25)38-32-26-17-30(41-5-2)31(42-6-3)18-29(26)36-21-27(32)33(34)40/h7-18,21,35H,4-6,19-20H2,1-3H3,(H2,34,40)(H,36,38). The Balaban J connectivity index is 1.41. The van der Waals surface area contributed by atoms with Crippen molar-refractivity contribution < 1.29 is 14.3 Å². The largest absolute Gasteiger partial charge is 0.490 e. The maximum atomic E-state index is 12.5. The molecule has 9 heteroatoms. The fourth-order valence-corrected chi connectivity index (χ4v) is 5.06. The van der Waals surface area contributed by atoms with Crippen molar-refractivity contribution >= 4 is 28.2 Å². The second-order valence-corrected chi connectivity index (χ2v) is 9.74. The van der Waals surface area contributed by atoms with Gasteiger partial charge >= 0.3 is 0 Å². The quantitative estimate of drug-likeness (QED) is 0.163. The minimum absolute atomic E-state index is 0.304. The van der Waals surface area contributed by atoms with Gasteiger partial charge in [0.15, 0.2) is 11.5 Å². The summed E-state index contributed by atoms with van der Waals surface area (Å²) in [7, 11) is 0. The van der Waals surface area contributed by atoms with Gasteiger partial charge in [0.1, 0.15) is 0 Å². The van der Waals surface area contributed by atoms with Crippen LogP contribution in [0.3, 0.4) is 0 Å². The van der Waals surface area contributed by atoms with E-state index in [-0.39, 0.29) is 0 Å². The SMILES string of the molecule is CCOc1cc2ncc(C(N)=O)c(Nc3cccc(CNCc4ccc(-n5cccn5)cc4)c3CC)c2cc1OCC. The van der Waals surface area contributed by atoms with E-state index in [0.29, 0.717) is 48.0 Å². The number of anilines is 2. The van der Waals surface area contributed by atoms with Crippen molar-refractivity contribution in [1.82, 2.24) is 20.1 Å². The summed E-state index contributed by atoms with van der Waals surface area (Å²) in [6, 6.07) is 20.1. The van der Waals surface area contributed by atoms with Crippen molar-refractivity contribution in [3.63, 3.8) is 0 Å². The van der Waals surface area contributed by atoms with E-state index in [0.717, 1.165) is 35.3 Å². The smallest absolute Gasteiger partial charge is 0.252 e. The highest BCUT2D eigenvalue weighted by molar-refractivity contribution is 6.08. The molecule has 216 valence electrons. The van der Waals surface area contributed by atoms with Crippen LogP contribution in [0.1, 0.15) is 47.8 Å². The van der Waals surface area contributed by atoms with Gasteiger partial charge < -0.3 is 25.8 Å². The van der Waals surface area contributed by atoms with Crippen LogP contribution < -0.4 is 25.8 Å². The average molecular weight is 565 g/mol. The van der Waals surface area contributed by atoms with Crippen LogP contribution in [-0.2, 0) is 19.5 Å². The Kier molecular flexibility index (Phi) is 8.99. The van der Waals surface area contributed by atoms with Crippen LogP contribution in [0.4, 0.5) is 11.4 Å². The summed E-state index contributed by atoms with van der Waals surface area (Å²) >= 11 is 0. The summed E-state index contributed by atoms with van der Waals surface area (Å²) in [5, 5.41) is 12.1. The number of primary amides is 1. The fourth-order valence-electron chi connectivity index (χ4n) is 5.06. The monoisotopic (exact) mass is 564 g/mol. The van der Waals surface area contributed by atoms with Crippen LogP contribution in [0.25, 0.3) is 16.6 Å². The van der Waals surface area contributed by atoms with Crippen LogP contribution in [0.5, 0.6) is 11.5 Å². The van der Waals surface area contributed by atoms with E-state index in [1.807, 2.05) is 55.1 Å². The number of carbonyl (C=O) groups excluding carboxylic acids is 1. The van der Waals surface area contributed by atoms with Gasteiger partial charge in [0.25, 0.3) is 5.91 Å². The Bertz CT molecular complexity index is 1670. The van der Waals surface area contributed by atoms with Crippen LogP contribution in [0, 0.1) is 0 Å². The molecule has 5 rings (SSSR count). The number of pyridine rings is 1. The first kappa shape index (κ1) is 28.6. The predicted molar refractivity (Wildman–Crippen MR) is 166 cm³/mol. The zero-order chi connectivity index (χ0) is 29.5. The zero-order valence-corrected chi connectivity index (χ0v) is 24.2. The molecule has 9 nitrogen and oxygen atoms in total. The molecule has 0 unspecified atom stereocenters. The zero-order valence-electron chi connectivity index (χ0n) is 24.2. The first-order valence-corrected chi connectivity index (χ1v) is 14.2. The van der Waals surface area contributed by atoms with Crippen LogP contribution in [0.15, 0.2) is 79.3 Å². The number of hydrogen-bond donors (Lipinski definition) is 3. The van der Waals surface area contributed by atoms with E-state index < -0.39 is 5.91 Å². The first-order valence-electron chi connectivity index (χ1n) is 14.2. The summed E-state index contributed by atoms with van der Waals surface area (Å²) in [5.74, 6) is 0.633. The van der Waals surface area contributed by atoms with Gasteiger partial charge in [-0.3, -0.25) is 9.78 Å². The molecule has 2 heterocycles. The number of amides is 1. The maximum Gasteiger partial charge on any atom is 0.252 e. The number of fused-ring (bicyclic) bond motifs is 1. The number of ether oxygens (including phenoxy) is 2. The van der Waals surface area contributed by atoms with Crippen LogP contribution in [-0.4, -0.2) is 33.9 Å². The Morgan fingerprint density at radius 1 is 0.952 bits per heavy atom. The minimum atomic E-state index is -0.562. The molecule has 4 N–H and O–H groups in total. The van der Waals surface area contributed by atoms with Crippen molar-refractivity contribution in [1.29, 1.82) is 0 Å². The molecule has 0 fully saturated rings. The molecule has 3 aromatic carbocycles. The normalized spacial score (nSPS) is 11.0. The third kappa shape index (κ3) is 6.21. The lowest BCUT2D eigenvalue weighted by Crippen LogP contribution is -2.16. The van der Waals surface area contributed by atoms with Gasteiger partial charge in [-0.15, -0.1) is 0 Å². The molecule has 5 aromatic rings. The molecule has 0 spiro atoms. The summed E-state index contributed by atoms with van der Waals surface area (Å²) in [6.07, 6.45) is 6.01. The number of aromatic nitrogens is 3. The summed E-state index contributed by atoms with van der Waals surface area (Å²) < 4.78 is 13.5. The minimum Gasteiger partial charge on any atom is -0.490 e. The Morgan fingerprint density at radius 3 is 2.38 bits per heavy atom.